The average Bonchev–Trinajstić information content (AvgIpc) is 2.47. The highest BCUT2D eigenvalue weighted by atomic mass is 35.5. The molecule has 1 aromatic rings. The van der Waals surface area contributed by atoms with E-state index >= 15 is 0 Å². The Morgan fingerprint density at radius 1 is 1.24 bits per heavy atom. The van der Waals surface area contributed by atoms with Crippen LogP contribution in [0.4, 0.5) is 5.69 Å². The van der Waals surface area contributed by atoms with Crippen molar-refractivity contribution in [2.45, 2.75) is 51.1 Å². The predicted molar refractivity (Wildman–Crippen MR) is 82.6 cm³/mol. The second kappa shape index (κ2) is 6.32. The minimum Gasteiger partial charge on any atom is -0.328 e. The Morgan fingerprint density at radius 3 is 2.81 bits per heavy atom. The maximum atomic E-state index is 11.2. The summed E-state index contributed by atoms with van der Waals surface area (Å²) in [5.74, 6) is 0.820. The van der Waals surface area contributed by atoms with Crippen molar-refractivity contribution in [1.82, 2.24) is 0 Å². The van der Waals surface area contributed by atoms with Crippen LogP contribution in [0, 0.1) is 16.0 Å². The van der Waals surface area contributed by atoms with Gasteiger partial charge in [0.25, 0.3) is 5.69 Å². The van der Waals surface area contributed by atoms with Gasteiger partial charge in [-0.05, 0) is 44.2 Å². The standard InChI is InChI=1S/C16H21ClN2O2/c17-14-7-8-16(19(20)21)13(10-14)11-18-9-3-5-12-4-1-2-6-15(12)18/h7-8,10,12,15H,1-6,9,11H2/p+1/t12-,15-/m0/s1. The number of quaternary nitrogens is 1. The lowest BCUT2D eigenvalue weighted by Crippen LogP contribution is -3.16. The fraction of sp³-hybridized carbons (Fsp3) is 0.625. The van der Waals surface area contributed by atoms with Gasteiger partial charge in [0.1, 0.15) is 6.54 Å². The first kappa shape index (κ1) is 14.8. The summed E-state index contributed by atoms with van der Waals surface area (Å²) in [5.41, 5.74) is 0.999. The highest BCUT2D eigenvalue weighted by Gasteiger charge is 2.37. The van der Waals surface area contributed by atoms with E-state index in [2.05, 4.69) is 0 Å². The van der Waals surface area contributed by atoms with Gasteiger partial charge in [-0.1, -0.05) is 18.0 Å². The lowest BCUT2D eigenvalue weighted by atomic mass is 9.78. The third-order valence-electron chi connectivity index (χ3n) is 5.16. The lowest BCUT2D eigenvalue weighted by Gasteiger charge is -2.41. The number of likely N-dealkylation sites (tertiary alicyclic amines) is 1. The Morgan fingerprint density at radius 2 is 2.00 bits per heavy atom. The van der Waals surface area contributed by atoms with Gasteiger partial charge < -0.3 is 4.90 Å². The Bertz CT molecular complexity index is 533. The van der Waals surface area contributed by atoms with Crippen LogP contribution in [0.15, 0.2) is 18.2 Å². The fourth-order valence-electron chi connectivity index (χ4n) is 4.21. The molecule has 1 saturated carbocycles. The zero-order valence-corrected chi connectivity index (χ0v) is 12.9. The highest BCUT2D eigenvalue weighted by Crippen LogP contribution is 2.29. The Hall–Kier alpha value is -1.13. The number of nitrogens with zero attached hydrogens (tertiary/aromatic N) is 1. The molecule has 21 heavy (non-hydrogen) atoms. The second-order valence-corrected chi connectivity index (χ2v) is 6.84. The summed E-state index contributed by atoms with van der Waals surface area (Å²) in [6.45, 7) is 1.86. The van der Waals surface area contributed by atoms with Crippen molar-refractivity contribution in [3.8, 4) is 0 Å². The van der Waals surface area contributed by atoms with Crippen LogP contribution >= 0.6 is 11.6 Å². The molecule has 0 spiro atoms. The molecule has 0 radical (unpaired) electrons. The lowest BCUT2D eigenvalue weighted by molar-refractivity contribution is -0.949. The first-order valence-corrected chi connectivity index (χ1v) is 8.30. The number of rotatable bonds is 3. The molecule has 1 aliphatic carbocycles. The molecule has 3 atom stereocenters. The van der Waals surface area contributed by atoms with Gasteiger partial charge >= 0.3 is 0 Å². The first-order chi connectivity index (χ1) is 10.1. The number of nitrogens with one attached hydrogen (secondary N) is 1. The van der Waals surface area contributed by atoms with Crippen LogP contribution in [0.2, 0.25) is 5.02 Å². The summed E-state index contributed by atoms with van der Waals surface area (Å²) in [5, 5.41) is 11.8. The predicted octanol–water partition coefficient (Wildman–Crippen LogP) is 2.99. The van der Waals surface area contributed by atoms with Gasteiger partial charge in [0.15, 0.2) is 0 Å². The zero-order valence-electron chi connectivity index (χ0n) is 12.2. The normalized spacial score (nSPS) is 28.9. The van der Waals surface area contributed by atoms with E-state index in [1.165, 1.54) is 43.4 Å². The highest BCUT2D eigenvalue weighted by molar-refractivity contribution is 6.30. The average molecular weight is 310 g/mol. The molecule has 114 valence electrons. The molecule has 1 saturated heterocycles. The van der Waals surface area contributed by atoms with E-state index in [-0.39, 0.29) is 10.6 Å². The minimum atomic E-state index is -0.284. The molecule has 1 heterocycles. The van der Waals surface area contributed by atoms with E-state index in [0.717, 1.165) is 24.6 Å². The first-order valence-electron chi connectivity index (χ1n) is 7.92. The third-order valence-corrected chi connectivity index (χ3v) is 5.40. The Labute approximate surface area is 130 Å². The van der Waals surface area contributed by atoms with Gasteiger partial charge in [0.2, 0.25) is 0 Å². The number of piperidine rings is 1. The van der Waals surface area contributed by atoms with Crippen molar-refractivity contribution in [1.29, 1.82) is 0 Å². The van der Waals surface area contributed by atoms with Crippen LogP contribution in [-0.2, 0) is 6.54 Å². The number of hydrogen-bond donors (Lipinski definition) is 1. The van der Waals surface area contributed by atoms with Crippen molar-refractivity contribution in [3.05, 3.63) is 38.9 Å². The van der Waals surface area contributed by atoms with Crippen molar-refractivity contribution in [3.63, 3.8) is 0 Å². The molecule has 3 rings (SSSR count). The molecule has 1 aromatic carbocycles. The Balaban J connectivity index is 1.82. The van der Waals surface area contributed by atoms with Gasteiger partial charge in [-0.25, -0.2) is 0 Å². The summed E-state index contributed by atoms with van der Waals surface area (Å²) in [6, 6.07) is 5.61. The number of nitro groups is 1. The van der Waals surface area contributed by atoms with Crippen LogP contribution < -0.4 is 4.90 Å². The van der Waals surface area contributed by atoms with Crippen LogP contribution in [0.1, 0.15) is 44.1 Å². The van der Waals surface area contributed by atoms with Crippen molar-refractivity contribution in [2.24, 2.45) is 5.92 Å². The van der Waals surface area contributed by atoms with Crippen LogP contribution in [0.25, 0.3) is 0 Å². The number of halogens is 1. The van der Waals surface area contributed by atoms with Crippen LogP contribution in [0.5, 0.6) is 0 Å². The van der Waals surface area contributed by atoms with Crippen molar-refractivity contribution < 1.29 is 9.82 Å². The van der Waals surface area contributed by atoms with Crippen LogP contribution in [0.3, 0.4) is 0 Å². The SMILES string of the molecule is O=[N+]([O-])c1ccc(Cl)cc1C[NH+]1CCC[C@@H]2CCCC[C@@H]21. The summed E-state index contributed by atoms with van der Waals surface area (Å²) in [4.78, 5) is 12.5. The van der Waals surface area contributed by atoms with E-state index < -0.39 is 0 Å². The number of hydrogen-bond acceptors (Lipinski definition) is 2. The van der Waals surface area contributed by atoms with E-state index in [1.54, 1.807) is 18.2 Å². The molecule has 1 unspecified atom stereocenters. The molecule has 0 amide bonds. The quantitative estimate of drug-likeness (QED) is 0.689. The summed E-state index contributed by atoms with van der Waals surface area (Å²) < 4.78 is 0. The molecule has 4 nitrogen and oxygen atoms in total. The van der Waals surface area contributed by atoms with Crippen LogP contribution in [-0.4, -0.2) is 17.5 Å². The van der Waals surface area contributed by atoms with Gasteiger partial charge in [-0.2, -0.15) is 0 Å². The maximum absolute atomic E-state index is 11.2. The monoisotopic (exact) mass is 309 g/mol. The topological polar surface area (TPSA) is 47.6 Å². The minimum absolute atomic E-state index is 0.213. The maximum Gasteiger partial charge on any atom is 0.278 e. The van der Waals surface area contributed by atoms with E-state index in [0.29, 0.717) is 11.1 Å². The molecular weight excluding hydrogens is 288 g/mol. The summed E-state index contributed by atoms with van der Waals surface area (Å²) >= 11 is 6.04. The van der Waals surface area contributed by atoms with E-state index in [1.807, 2.05) is 0 Å². The summed E-state index contributed by atoms with van der Waals surface area (Å²) in [6.07, 6.45) is 7.85. The van der Waals surface area contributed by atoms with E-state index in [9.17, 15) is 10.1 Å². The van der Waals surface area contributed by atoms with Gasteiger partial charge in [0, 0.05) is 17.0 Å². The molecule has 0 bridgehead atoms. The Kier molecular flexibility index (Phi) is 4.45. The second-order valence-electron chi connectivity index (χ2n) is 6.41. The number of nitro benzene ring substituents is 1. The number of benzene rings is 1. The molecule has 5 heteroatoms. The molecular formula is C16H22ClN2O2+. The fourth-order valence-corrected chi connectivity index (χ4v) is 4.40. The van der Waals surface area contributed by atoms with E-state index in [4.69, 9.17) is 11.6 Å². The van der Waals surface area contributed by atoms with Gasteiger partial charge in [-0.15, -0.1) is 0 Å². The molecule has 1 aliphatic heterocycles. The zero-order chi connectivity index (χ0) is 14.8. The molecule has 2 aliphatic rings. The van der Waals surface area contributed by atoms with Gasteiger partial charge in [0.05, 0.1) is 23.1 Å². The molecule has 2 fully saturated rings. The largest absolute Gasteiger partial charge is 0.328 e. The summed E-state index contributed by atoms with van der Waals surface area (Å²) in [7, 11) is 0. The number of fused-ring (bicyclic) bond motifs is 1. The van der Waals surface area contributed by atoms with Crippen molar-refractivity contribution >= 4 is 17.3 Å². The van der Waals surface area contributed by atoms with Crippen molar-refractivity contribution in [2.75, 3.05) is 6.54 Å². The molecule has 1 N–H and O–H groups in total. The smallest absolute Gasteiger partial charge is 0.278 e. The van der Waals surface area contributed by atoms with Gasteiger partial charge in [-0.3, -0.25) is 10.1 Å². The third kappa shape index (κ3) is 3.22. The molecule has 0 aromatic heterocycles.